The summed E-state index contributed by atoms with van der Waals surface area (Å²) >= 11 is 0. The Labute approximate surface area is 187 Å². The number of pyridine rings is 1. The fourth-order valence-electron chi connectivity index (χ4n) is 3.28. The van der Waals surface area contributed by atoms with Crippen LogP contribution in [0.2, 0.25) is 0 Å². The zero-order valence-corrected chi connectivity index (χ0v) is 18.1. The van der Waals surface area contributed by atoms with E-state index < -0.39 is 0 Å². The lowest BCUT2D eigenvalue weighted by Gasteiger charge is -2.27. The van der Waals surface area contributed by atoms with Gasteiger partial charge in [0.05, 0.1) is 24.6 Å². The molecular weight excluding hydrogens is 402 g/mol. The minimum Gasteiger partial charge on any atom is -0.470 e. The number of rotatable bonds is 6. The number of ether oxygens (including phenoxy) is 1. The number of hydrogen-bond acceptors (Lipinski definition) is 7. The highest BCUT2D eigenvalue weighted by Crippen LogP contribution is 2.30. The summed E-state index contributed by atoms with van der Waals surface area (Å²) < 4.78 is 7.78. The lowest BCUT2D eigenvalue weighted by Crippen LogP contribution is -2.40. The monoisotopic (exact) mass is 429 g/mol. The van der Waals surface area contributed by atoms with Crippen molar-refractivity contribution in [3.8, 4) is 17.0 Å². The van der Waals surface area contributed by atoms with Crippen LogP contribution in [0.1, 0.15) is 5.56 Å². The number of nitrogens with zero attached hydrogens (tertiary/aromatic N) is 5. The number of aryl methyl sites for hydroxylation is 1. The minimum atomic E-state index is 0.0507. The van der Waals surface area contributed by atoms with Crippen LogP contribution in [0.15, 0.2) is 79.5 Å². The Hall–Kier alpha value is -3.78. The molecule has 1 aliphatic heterocycles. The van der Waals surface area contributed by atoms with E-state index in [0.29, 0.717) is 5.88 Å². The van der Waals surface area contributed by atoms with Crippen molar-refractivity contribution in [1.29, 1.82) is 0 Å². The molecule has 1 atom stereocenters. The average molecular weight is 430 g/mol. The lowest BCUT2D eigenvalue weighted by molar-refractivity contribution is 0.194. The van der Waals surface area contributed by atoms with Crippen LogP contribution in [0.5, 0.6) is 5.88 Å². The van der Waals surface area contributed by atoms with Gasteiger partial charge in [-0.05, 0) is 30.7 Å². The van der Waals surface area contributed by atoms with Gasteiger partial charge in [0.25, 0.3) is 0 Å². The summed E-state index contributed by atoms with van der Waals surface area (Å²) in [6.45, 7) is 2.37. The highest BCUT2D eigenvalue weighted by atomic mass is 16.5. The van der Waals surface area contributed by atoms with Crippen molar-refractivity contribution in [2.75, 3.05) is 25.0 Å². The molecule has 164 valence electrons. The summed E-state index contributed by atoms with van der Waals surface area (Å²) in [5.74, 6) is 0.647. The SMILES string of the molecule is Cn1cc(-c2cnc3c(c2)NCC(CNCCc2ccnnc2)O3)cn1.c1ccccc1. The largest absolute Gasteiger partial charge is 0.470 e. The van der Waals surface area contributed by atoms with Crippen LogP contribution >= 0.6 is 0 Å². The fourth-order valence-corrected chi connectivity index (χ4v) is 3.28. The molecule has 1 unspecified atom stereocenters. The number of nitrogens with one attached hydrogen (secondary N) is 2. The Balaban J connectivity index is 0.000000354. The van der Waals surface area contributed by atoms with E-state index >= 15 is 0 Å². The molecule has 8 heteroatoms. The van der Waals surface area contributed by atoms with E-state index in [1.165, 1.54) is 5.56 Å². The predicted molar refractivity (Wildman–Crippen MR) is 124 cm³/mol. The Morgan fingerprint density at radius 3 is 2.56 bits per heavy atom. The summed E-state index contributed by atoms with van der Waals surface area (Å²) in [7, 11) is 1.90. The molecular formula is C24H27N7O. The summed E-state index contributed by atoms with van der Waals surface area (Å²) in [5.41, 5.74) is 4.16. The zero-order valence-electron chi connectivity index (χ0n) is 18.1. The molecule has 0 aliphatic carbocycles. The summed E-state index contributed by atoms with van der Waals surface area (Å²) in [5, 5.41) is 18.7. The third kappa shape index (κ3) is 6.12. The van der Waals surface area contributed by atoms with Crippen LogP contribution in [-0.2, 0) is 13.5 Å². The molecule has 0 saturated carbocycles. The molecule has 3 aromatic heterocycles. The maximum absolute atomic E-state index is 6.00. The van der Waals surface area contributed by atoms with Crippen LogP contribution in [-0.4, -0.2) is 50.7 Å². The summed E-state index contributed by atoms with van der Waals surface area (Å²) in [6, 6.07) is 16.0. The van der Waals surface area contributed by atoms with Crippen LogP contribution in [0, 0.1) is 0 Å². The second-order valence-electron chi connectivity index (χ2n) is 7.46. The maximum atomic E-state index is 6.00. The topological polar surface area (TPSA) is 89.8 Å². The number of anilines is 1. The van der Waals surface area contributed by atoms with Gasteiger partial charge in [-0.2, -0.15) is 15.3 Å². The molecule has 0 fully saturated rings. The van der Waals surface area contributed by atoms with Crippen molar-refractivity contribution in [3.63, 3.8) is 0 Å². The lowest BCUT2D eigenvalue weighted by atomic mass is 10.1. The smallest absolute Gasteiger partial charge is 0.237 e. The first-order valence-electron chi connectivity index (χ1n) is 10.6. The number of fused-ring (bicyclic) bond motifs is 1. The number of benzene rings is 1. The van der Waals surface area contributed by atoms with E-state index in [9.17, 15) is 0 Å². The van der Waals surface area contributed by atoms with Crippen molar-refractivity contribution in [2.45, 2.75) is 12.5 Å². The van der Waals surface area contributed by atoms with Gasteiger partial charge in [-0.25, -0.2) is 4.98 Å². The first-order valence-corrected chi connectivity index (χ1v) is 10.6. The molecule has 4 aromatic rings. The molecule has 0 bridgehead atoms. The second-order valence-corrected chi connectivity index (χ2v) is 7.46. The molecule has 1 aliphatic rings. The normalized spacial score (nSPS) is 14.3. The van der Waals surface area contributed by atoms with Gasteiger partial charge in [0.1, 0.15) is 6.10 Å². The standard InChI is InChI=1S/C18H21N7O.C6H6/c1-25-12-15(9-24-25)14-6-17-18(21-8-14)26-16(11-20-17)10-19-4-2-13-3-5-22-23-7-13;1-2-4-6-5-3-1/h3,5-9,12,16,19-20H,2,4,10-11H2,1H3;1-6H. The second kappa shape index (κ2) is 11.0. The summed E-state index contributed by atoms with van der Waals surface area (Å²) in [6.07, 6.45) is 10.1. The maximum Gasteiger partial charge on any atom is 0.237 e. The van der Waals surface area contributed by atoms with Gasteiger partial charge < -0.3 is 15.4 Å². The van der Waals surface area contributed by atoms with Crippen molar-refractivity contribution in [2.24, 2.45) is 7.05 Å². The Kier molecular flexibility index (Phi) is 7.38. The minimum absolute atomic E-state index is 0.0507. The highest BCUT2D eigenvalue weighted by molar-refractivity contribution is 5.69. The third-order valence-electron chi connectivity index (χ3n) is 4.96. The third-order valence-corrected chi connectivity index (χ3v) is 4.96. The van der Waals surface area contributed by atoms with E-state index in [-0.39, 0.29) is 6.10 Å². The first kappa shape index (κ1) is 21.5. The van der Waals surface area contributed by atoms with E-state index in [0.717, 1.165) is 42.9 Å². The average Bonchev–Trinajstić information content (AvgIpc) is 3.30. The first-order chi connectivity index (χ1) is 15.8. The fraction of sp³-hybridized carbons (Fsp3) is 0.250. The molecule has 2 N–H and O–H groups in total. The van der Waals surface area contributed by atoms with Crippen molar-refractivity contribution < 1.29 is 4.74 Å². The van der Waals surface area contributed by atoms with Crippen molar-refractivity contribution in [1.82, 2.24) is 30.3 Å². The Morgan fingerprint density at radius 2 is 1.88 bits per heavy atom. The molecule has 32 heavy (non-hydrogen) atoms. The van der Waals surface area contributed by atoms with E-state index in [2.05, 4.69) is 37.0 Å². The van der Waals surface area contributed by atoms with Crippen molar-refractivity contribution >= 4 is 5.69 Å². The van der Waals surface area contributed by atoms with E-state index in [4.69, 9.17) is 4.74 Å². The molecule has 5 rings (SSSR count). The van der Waals surface area contributed by atoms with Gasteiger partial charge in [0.2, 0.25) is 5.88 Å². The van der Waals surface area contributed by atoms with Gasteiger partial charge >= 0.3 is 0 Å². The molecule has 8 nitrogen and oxygen atoms in total. The van der Waals surface area contributed by atoms with Gasteiger partial charge in [0.15, 0.2) is 0 Å². The van der Waals surface area contributed by atoms with Crippen LogP contribution < -0.4 is 15.4 Å². The van der Waals surface area contributed by atoms with Gasteiger partial charge in [-0.3, -0.25) is 4.68 Å². The zero-order chi connectivity index (χ0) is 22.0. The van der Waals surface area contributed by atoms with Gasteiger partial charge in [-0.1, -0.05) is 36.4 Å². The van der Waals surface area contributed by atoms with E-state index in [1.54, 1.807) is 17.1 Å². The molecule has 1 aromatic carbocycles. The number of hydrogen-bond donors (Lipinski definition) is 2. The highest BCUT2D eigenvalue weighted by Gasteiger charge is 2.20. The van der Waals surface area contributed by atoms with Crippen LogP contribution in [0.25, 0.3) is 11.1 Å². The Morgan fingerprint density at radius 1 is 1.06 bits per heavy atom. The number of aromatic nitrogens is 5. The molecule has 4 heterocycles. The molecule has 0 spiro atoms. The van der Waals surface area contributed by atoms with E-state index in [1.807, 2.05) is 68.1 Å². The van der Waals surface area contributed by atoms with Gasteiger partial charge in [-0.15, -0.1) is 0 Å². The molecule has 0 saturated heterocycles. The molecule has 0 radical (unpaired) electrons. The van der Waals surface area contributed by atoms with Crippen molar-refractivity contribution in [3.05, 3.63) is 85.1 Å². The Bertz CT molecular complexity index is 1060. The van der Waals surface area contributed by atoms with Gasteiger partial charge in [0, 0.05) is 43.3 Å². The predicted octanol–water partition coefficient (Wildman–Crippen LogP) is 2.96. The molecule has 0 amide bonds. The summed E-state index contributed by atoms with van der Waals surface area (Å²) in [4.78, 5) is 4.47. The quantitative estimate of drug-likeness (QED) is 0.456. The van der Waals surface area contributed by atoms with Crippen LogP contribution in [0.3, 0.4) is 0 Å². The van der Waals surface area contributed by atoms with Crippen LogP contribution in [0.4, 0.5) is 5.69 Å².